The first-order valence-corrected chi connectivity index (χ1v) is 9.60. The molecule has 0 saturated heterocycles. The van der Waals surface area contributed by atoms with Crippen LogP contribution in [0.15, 0.2) is 22.0 Å². The van der Waals surface area contributed by atoms with Gasteiger partial charge in [-0.25, -0.2) is 0 Å². The summed E-state index contributed by atoms with van der Waals surface area (Å²) < 4.78 is 0. The Balaban J connectivity index is 1.78. The van der Waals surface area contributed by atoms with E-state index in [4.69, 9.17) is 0 Å². The molecule has 3 fully saturated rings. The zero-order valence-corrected chi connectivity index (χ0v) is 15.7. The second kappa shape index (κ2) is 5.41. The summed E-state index contributed by atoms with van der Waals surface area (Å²) in [6.45, 7) is 6.31. The lowest BCUT2D eigenvalue weighted by Crippen LogP contribution is -2.56. The van der Waals surface area contributed by atoms with Gasteiger partial charge in [0, 0.05) is 11.8 Å². The third-order valence-electron chi connectivity index (χ3n) is 8.51. The maximum absolute atomic E-state index is 12.4. The number of ketones is 1. The first-order valence-electron chi connectivity index (χ1n) is 9.60. The Morgan fingerprint density at radius 3 is 2.42 bits per heavy atom. The van der Waals surface area contributed by atoms with E-state index in [1.165, 1.54) is 0 Å². The third-order valence-corrected chi connectivity index (χ3v) is 8.51. The van der Waals surface area contributed by atoms with Gasteiger partial charge in [-0.3, -0.25) is 4.79 Å². The van der Waals surface area contributed by atoms with Gasteiger partial charge in [-0.2, -0.15) is 0 Å². The molecule has 0 aliphatic heterocycles. The summed E-state index contributed by atoms with van der Waals surface area (Å²) in [5.41, 5.74) is -0.197. The number of oxime groups is 2. The molecule has 0 radical (unpaired) electrons. The average Bonchev–Trinajstić information content (AvgIpc) is 2.84. The van der Waals surface area contributed by atoms with Crippen LogP contribution in [0.4, 0.5) is 0 Å². The Morgan fingerprint density at radius 2 is 1.77 bits per heavy atom. The highest BCUT2D eigenvalue weighted by atomic mass is 16.4. The Morgan fingerprint density at radius 1 is 1.08 bits per heavy atom. The van der Waals surface area contributed by atoms with Gasteiger partial charge >= 0.3 is 0 Å². The first-order chi connectivity index (χ1) is 12.2. The fraction of sp³-hybridized carbons (Fsp3) is 0.750. The fourth-order valence-corrected chi connectivity index (χ4v) is 6.80. The molecule has 26 heavy (non-hydrogen) atoms. The molecule has 6 heteroatoms. The van der Waals surface area contributed by atoms with E-state index >= 15 is 0 Å². The summed E-state index contributed by atoms with van der Waals surface area (Å²) in [6.07, 6.45) is 7.01. The molecule has 3 N–H and O–H groups in total. The van der Waals surface area contributed by atoms with Gasteiger partial charge in [0.15, 0.2) is 5.71 Å². The van der Waals surface area contributed by atoms with Crippen LogP contribution in [-0.4, -0.2) is 38.3 Å². The number of allylic oxidation sites excluding steroid dienone is 2. The van der Waals surface area contributed by atoms with E-state index in [-0.39, 0.29) is 22.3 Å². The Labute approximate surface area is 153 Å². The highest BCUT2D eigenvalue weighted by molar-refractivity contribution is 6.70. The lowest BCUT2D eigenvalue weighted by Gasteiger charge is -2.57. The second-order valence-electron chi connectivity index (χ2n) is 9.42. The van der Waals surface area contributed by atoms with E-state index < -0.39 is 11.4 Å². The summed E-state index contributed by atoms with van der Waals surface area (Å²) in [5, 5.41) is 36.2. The number of Topliss-reactive ketones (excluding diaryl/α,β-unsaturated/α-hetero) is 1. The van der Waals surface area contributed by atoms with Crippen molar-refractivity contribution >= 4 is 17.2 Å². The standard InChI is InChI=1S/C20H28N2O4/c1-18-10-15(21-25)17(23)16(22-26)14(18)5-4-11-12(18)6-8-19(2)13(11)7-9-20(19,3)24/h5,11-13,24-26H,4,6-10H2,1-3H3/b21-15-,22-16+. The second-order valence-corrected chi connectivity index (χ2v) is 9.42. The van der Waals surface area contributed by atoms with Crippen LogP contribution >= 0.6 is 0 Å². The van der Waals surface area contributed by atoms with Crippen LogP contribution in [0.5, 0.6) is 0 Å². The van der Waals surface area contributed by atoms with E-state index in [0.29, 0.717) is 24.2 Å². The third kappa shape index (κ3) is 1.99. The number of aliphatic hydroxyl groups is 1. The Bertz CT molecular complexity index is 753. The predicted molar refractivity (Wildman–Crippen MR) is 96.5 cm³/mol. The predicted octanol–water partition coefficient (Wildman–Crippen LogP) is 3.15. The molecule has 4 aliphatic carbocycles. The van der Waals surface area contributed by atoms with Gasteiger partial charge in [-0.1, -0.05) is 30.2 Å². The van der Waals surface area contributed by atoms with Crippen LogP contribution in [0.3, 0.4) is 0 Å². The molecule has 0 aromatic heterocycles. The van der Waals surface area contributed by atoms with Gasteiger partial charge in [0.25, 0.3) is 0 Å². The van der Waals surface area contributed by atoms with Crippen molar-refractivity contribution in [3.05, 3.63) is 11.6 Å². The fourth-order valence-electron chi connectivity index (χ4n) is 6.80. The molecular weight excluding hydrogens is 332 g/mol. The minimum Gasteiger partial charge on any atom is -0.411 e. The molecule has 0 heterocycles. The van der Waals surface area contributed by atoms with Crippen LogP contribution in [0.25, 0.3) is 0 Å². The minimum atomic E-state index is -0.633. The summed E-state index contributed by atoms with van der Waals surface area (Å²) in [6, 6.07) is 0. The number of nitrogens with zero attached hydrogens (tertiary/aromatic N) is 2. The molecule has 6 unspecified atom stereocenters. The van der Waals surface area contributed by atoms with Crippen LogP contribution in [0.2, 0.25) is 0 Å². The van der Waals surface area contributed by atoms with E-state index in [0.717, 1.165) is 37.7 Å². The highest BCUT2D eigenvalue weighted by Gasteiger charge is 2.63. The van der Waals surface area contributed by atoms with Gasteiger partial charge in [-0.05, 0) is 67.8 Å². The Kier molecular flexibility index (Phi) is 3.69. The molecule has 3 saturated carbocycles. The van der Waals surface area contributed by atoms with Gasteiger partial charge in [0.2, 0.25) is 5.78 Å². The van der Waals surface area contributed by atoms with Crippen LogP contribution in [0.1, 0.15) is 59.3 Å². The maximum atomic E-state index is 12.4. The van der Waals surface area contributed by atoms with Gasteiger partial charge in [0.1, 0.15) is 5.71 Å². The number of fused-ring (bicyclic) bond motifs is 5. The summed E-state index contributed by atoms with van der Waals surface area (Å²) >= 11 is 0. The maximum Gasteiger partial charge on any atom is 0.232 e. The first kappa shape index (κ1) is 17.7. The molecule has 6 atom stereocenters. The topological polar surface area (TPSA) is 102 Å². The Hall–Kier alpha value is -1.69. The van der Waals surface area contributed by atoms with E-state index in [1.807, 2.05) is 6.92 Å². The molecule has 142 valence electrons. The lowest BCUT2D eigenvalue weighted by molar-refractivity contribution is -0.113. The zero-order valence-electron chi connectivity index (χ0n) is 15.7. The smallest absolute Gasteiger partial charge is 0.232 e. The molecular formula is C20H28N2O4. The highest BCUT2D eigenvalue weighted by Crippen LogP contribution is 2.66. The summed E-state index contributed by atoms with van der Waals surface area (Å²) in [4.78, 5) is 12.4. The van der Waals surface area contributed by atoms with Crippen molar-refractivity contribution in [2.24, 2.45) is 38.9 Å². The van der Waals surface area contributed by atoms with Crippen molar-refractivity contribution in [2.45, 2.75) is 64.9 Å². The van der Waals surface area contributed by atoms with Gasteiger partial charge in [-0.15, -0.1) is 0 Å². The number of hydrogen-bond donors (Lipinski definition) is 3. The average molecular weight is 360 g/mol. The lowest BCUT2D eigenvalue weighted by atomic mass is 9.47. The molecule has 0 spiro atoms. The molecule has 0 aromatic rings. The number of carbonyl (C=O) groups is 1. The number of carbonyl (C=O) groups excluding carboxylic acids is 1. The largest absolute Gasteiger partial charge is 0.411 e. The number of rotatable bonds is 0. The zero-order chi connectivity index (χ0) is 18.9. The van der Waals surface area contributed by atoms with Gasteiger partial charge in [0.05, 0.1) is 5.60 Å². The quantitative estimate of drug-likeness (QED) is 0.456. The molecule has 6 nitrogen and oxygen atoms in total. The van der Waals surface area contributed by atoms with Crippen molar-refractivity contribution in [2.75, 3.05) is 0 Å². The molecule has 0 aromatic carbocycles. The minimum absolute atomic E-state index is 0.0248. The van der Waals surface area contributed by atoms with Gasteiger partial charge < -0.3 is 15.5 Å². The van der Waals surface area contributed by atoms with E-state index in [2.05, 4.69) is 30.2 Å². The monoisotopic (exact) mass is 360 g/mol. The van der Waals surface area contributed by atoms with E-state index in [9.17, 15) is 20.3 Å². The van der Waals surface area contributed by atoms with Crippen LogP contribution in [-0.2, 0) is 4.79 Å². The normalized spacial score (nSPS) is 51.0. The molecule has 4 aliphatic rings. The molecule has 0 amide bonds. The van der Waals surface area contributed by atoms with Crippen molar-refractivity contribution in [3.8, 4) is 0 Å². The van der Waals surface area contributed by atoms with Crippen molar-refractivity contribution < 1.29 is 20.3 Å². The van der Waals surface area contributed by atoms with E-state index in [1.54, 1.807) is 0 Å². The van der Waals surface area contributed by atoms with Crippen molar-refractivity contribution in [1.29, 1.82) is 0 Å². The molecule has 4 rings (SSSR count). The van der Waals surface area contributed by atoms with Crippen LogP contribution < -0.4 is 0 Å². The SMILES string of the molecule is CC12C/C(=N/O)C(=O)/C(=N/O)C1=CCC1C2CCC2(C)C1CCC2(C)O. The number of hydrogen-bond acceptors (Lipinski definition) is 6. The summed E-state index contributed by atoms with van der Waals surface area (Å²) in [5.74, 6) is 0.690. The van der Waals surface area contributed by atoms with Crippen molar-refractivity contribution in [1.82, 2.24) is 0 Å². The van der Waals surface area contributed by atoms with Crippen molar-refractivity contribution in [3.63, 3.8) is 0 Å². The van der Waals surface area contributed by atoms with Crippen LogP contribution in [0, 0.1) is 28.6 Å². The molecule has 0 bridgehead atoms. The summed E-state index contributed by atoms with van der Waals surface area (Å²) in [7, 11) is 0.